The smallest absolute Gasteiger partial charge is 0.243 e. The fourth-order valence-electron chi connectivity index (χ4n) is 4.37. The first-order valence-electron chi connectivity index (χ1n) is 11.8. The summed E-state index contributed by atoms with van der Waals surface area (Å²) in [5.74, 6) is 0.685. The molecule has 35 heavy (non-hydrogen) atoms. The van der Waals surface area contributed by atoms with Crippen LogP contribution < -0.4 is 10.1 Å². The molecule has 8 nitrogen and oxygen atoms in total. The Kier molecular flexibility index (Phi) is 7.28. The van der Waals surface area contributed by atoms with Crippen LogP contribution in [0.4, 0.5) is 0 Å². The molecule has 0 bridgehead atoms. The van der Waals surface area contributed by atoms with Gasteiger partial charge in [0.25, 0.3) is 0 Å². The largest absolute Gasteiger partial charge is 0.490 e. The maximum absolute atomic E-state index is 13.4. The fraction of sp³-hybridized carbons (Fsp3) is 0.385. The molecule has 1 fully saturated rings. The van der Waals surface area contributed by atoms with Crippen LogP contribution in [0, 0.1) is 0 Å². The van der Waals surface area contributed by atoms with E-state index in [1.54, 1.807) is 6.92 Å². The molecule has 0 saturated carbocycles. The number of carbonyl (C=O) groups excluding carboxylic acids is 2. The zero-order valence-electron chi connectivity index (χ0n) is 20.1. The van der Waals surface area contributed by atoms with E-state index in [1.807, 2.05) is 31.2 Å². The molecule has 2 atom stereocenters. The Labute approximate surface area is 205 Å². The minimum atomic E-state index is -3.91. The molecule has 2 unspecified atom stereocenters. The highest BCUT2D eigenvalue weighted by Crippen LogP contribution is 2.32. The molecule has 1 aliphatic rings. The van der Waals surface area contributed by atoms with Crippen molar-refractivity contribution in [2.45, 2.75) is 57.0 Å². The average Bonchev–Trinajstić information content (AvgIpc) is 3.30. The van der Waals surface area contributed by atoms with Gasteiger partial charge in [0.2, 0.25) is 15.9 Å². The summed E-state index contributed by atoms with van der Waals surface area (Å²) in [4.78, 5) is 24.9. The molecule has 1 aromatic heterocycles. The van der Waals surface area contributed by atoms with Crippen molar-refractivity contribution in [2.75, 3.05) is 13.2 Å². The number of para-hydroxylation sites is 1. The minimum Gasteiger partial charge on any atom is -0.490 e. The van der Waals surface area contributed by atoms with Crippen LogP contribution in [0.1, 0.15) is 62.2 Å². The predicted octanol–water partition coefficient (Wildman–Crippen LogP) is 4.45. The van der Waals surface area contributed by atoms with Crippen molar-refractivity contribution in [3.63, 3.8) is 0 Å². The number of ketones is 1. The molecule has 2 heterocycles. The van der Waals surface area contributed by atoms with E-state index in [0.29, 0.717) is 42.1 Å². The van der Waals surface area contributed by atoms with Gasteiger partial charge in [-0.05, 0) is 57.9 Å². The normalized spacial score (nSPS) is 17.7. The molecular weight excluding hydrogens is 468 g/mol. The fourth-order valence-corrected chi connectivity index (χ4v) is 6.03. The van der Waals surface area contributed by atoms with E-state index in [2.05, 4.69) is 5.32 Å². The van der Waals surface area contributed by atoms with Crippen LogP contribution in [0.5, 0.6) is 5.75 Å². The Balaban J connectivity index is 1.54. The second kappa shape index (κ2) is 10.2. The number of fused-ring (bicyclic) bond motifs is 1. The Hall–Kier alpha value is -3.17. The number of nitrogens with zero attached hydrogens (tertiary/aromatic N) is 1. The third-order valence-corrected chi connectivity index (χ3v) is 8.16. The Morgan fingerprint density at radius 2 is 1.91 bits per heavy atom. The number of nitrogens with one attached hydrogen (secondary N) is 1. The molecule has 0 radical (unpaired) electrons. The van der Waals surface area contributed by atoms with Crippen molar-refractivity contribution in [1.29, 1.82) is 0 Å². The Bertz CT molecular complexity index is 1330. The van der Waals surface area contributed by atoms with Crippen LogP contribution >= 0.6 is 0 Å². The number of ether oxygens (including phenoxy) is 1. The van der Waals surface area contributed by atoms with Crippen LogP contribution in [0.2, 0.25) is 0 Å². The highest BCUT2D eigenvalue weighted by atomic mass is 32.2. The summed E-state index contributed by atoms with van der Waals surface area (Å²) >= 11 is 0. The number of hydrogen-bond donors (Lipinski definition) is 1. The van der Waals surface area contributed by atoms with Gasteiger partial charge >= 0.3 is 0 Å². The average molecular weight is 499 g/mol. The Morgan fingerprint density at radius 1 is 1.17 bits per heavy atom. The second-order valence-corrected chi connectivity index (χ2v) is 10.6. The zero-order chi connectivity index (χ0) is 25.2. The summed E-state index contributed by atoms with van der Waals surface area (Å²) < 4.78 is 39.7. The van der Waals surface area contributed by atoms with E-state index in [1.165, 1.54) is 35.5 Å². The first kappa shape index (κ1) is 24.9. The quantitative estimate of drug-likeness (QED) is 0.460. The van der Waals surface area contributed by atoms with Crippen molar-refractivity contribution in [2.24, 2.45) is 0 Å². The van der Waals surface area contributed by atoms with E-state index < -0.39 is 22.1 Å². The second-order valence-electron chi connectivity index (χ2n) is 8.69. The van der Waals surface area contributed by atoms with Gasteiger partial charge in [0.1, 0.15) is 11.8 Å². The number of carbonyl (C=O) groups is 2. The van der Waals surface area contributed by atoms with Gasteiger partial charge in [0, 0.05) is 17.5 Å². The lowest BCUT2D eigenvalue weighted by atomic mass is 10.0. The van der Waals surface area contributed by atoms with Gasteiger partial charge in [-0.15, -0.1) is 0 Å². The lowest BCUT2D eigenvalue weighted by Crippen LogP contribution is -2.52. The number of amides is 1. The minimum absolute atomic E-state index is 0.0657. The number of hydrogen-bond acceptors (Lipinski definition) is 6. The van der Waals surface area contributed by atoms with Gasteiger partial charge in [0.05, 0.1) is 17.5 Å². The molecule has 3 aromatic rings. The van der Waals surface area contributed by atoms with Crippen LogP contribution in [0.25, 0.3) is 11.0 Å². The van der Waals surface area contributed by atoms with Crippen molar-refractivity contribution in [3.05, 3.63) is 59.9 Å². The van der Waals surface area contributed by atoms with Gasteiger partial charge in [-0.1, -0.05) is 30.7 Å². The van der Waals surface area contributed by atoms with Crippen LogP contribution in [0.15, 0.2) is 57.8 Å². The monoisotopic (exact) mass is 498 g/mol. The maximum atomic E-state index is 13.4. The van der Waals surface area contributed by atoms with Crippen molar-refractivity contribution in [1.82, 2.24) is 9.62 Å². The summed E-state index contributed by atoms with van der Waals surface area (Å²) in [6, 6.07) is 12.0. The highest BCUT2D eigenvalue weighted by Gasteiger charge is 2.38. The number of piperidine rings is 1. The molecule has 0 aliphatic carbocycles. The summed E-state index contributed by atoms with van der Waals surface area (Å²) in [5.41, 5.74) is 1.05. The van der Waals surface area contributed by atoms with Gasteiger partial charge in [-0.2, -0.15) is 4.31 Å². The number of benzene rings is 2. The first-order chi connectivity index (χ1) is 16.7. The summed E-state index contributed by atoms with van der Waals surface area (Å²) in [7, 11) is -3.91. The van der Waals surface area contributed by atoms with Gasteiger partial charge in [-0.25, -0.2) is 8.42 Å². The number of furan rings is 1. The number of rotatable bonds is 8. The molecule has 0 spiro atoms. The lowest BCUT2D eigenvalue weighted by molar-refractivity contribution is -0.126. The molecule has 9 heteroatoms. The first-order valence-corrected chi connectivity index (χ1v) is 13.2. The summed E-state index contributed by atoms with van der Waals surface area (Å²) in [6.45, 7) is 5.89. The molecule has 1 amide bonds. The third kappa shape index (κ3) is 5.11. The topological polar surface area (TPSA) is 106 Å². The molecule has 1 saturated heterocycles. The van der Waals surface area contributed by atoms with Crippen molar-refractivity contribution >= 4 is 32.7 Å². The summed E-state index contributed by atoms with van der Waals surface area (Å²) in [6.07, 6.45) is 1.86. The highest BCUT2D eigenvalue weighted by molar-refractivity contribution is 7.89. The van der Waals surface area contributed by atoms with Crippen LogP contribution in [0.3, 0.4) is 0 Å². The maximum Gasteiger partial charge on any atom is 0.243 e. The van der Waals surface area contributed by atoms with Gasteiger partial charge in [-0.3, -0.25) is 9.59 Å². The SMILES string of the molecule is CCOc1cccc2cc(C(C)NC(=O)C3CCCCN3S(=O)(=O)c3ccc(C(C)=O)cc3)oc12. The molecule has 1 N–H and O–H groups in total. The van der Waals surface area contributed by atoms with E-state index in [4.69, 9.17) is 9.15 Å². The van der Waals surface area contributed by atoms with Gasteiger partial charge in [0.15, 0.2) is 17.1 Å². The van der Waals surface area contributed by atoms with E-state index >= 15 is 0 Å². The molecule has 186 valence electrons. The van der Waals surface area contributed by atoms with Crippen LogP contribution in [-0.2, 0) is 14.8 Å². The van der Waals surface area contributed by atoms with E-state index in [-0.39, 0.29) is 23.1 Å². The van der Waals surface area contributed by atoms with Gasteiger partial charge < -0.3 is 14.5 Å². The zero-order valence-corrected chi connectivity index (χ0v) is 20.9. The summed E-state index contributed by atoms with van der Waals surface area (Å²) in [5, 5.41) is 3.80. The van der Waals surface area contributed by atoms with Crippen molar-refractivity contribution in [3.8, 4) is 5.75 Å². The molecule has 2 aromatic carbocycles. The number of Topliss-reactive ketones (excluding diaryl/α,β-unsaturated/α-hetero) is 1. The Morgan fingerprint density at radius 3 is 2.60 bits per heavy atom. The molecular formula is C26H30N2O6S. The molecule has 4 rings (SSSR count). The van der Waals surface area contributed by atoms with E-state index in [9.17, 15) is 18.0 Å². The number of sulfonamides is 1. The van der Waals surface area contributed by atoms with Crippen LogP contribution in [-0.4, -0.2) is 43.6 Å². The predicted molar refractivity (Wildman–Crippen MR) is 132 cm³/mol. The van der Waals surface area contributed by atoms with E-state index in [0.717, 1.165) is 11.8 Å². The molecule has 1 aliphatic heterocycles. The van der Waals surface area contributed by atoms with Crippen molar-refractivity contribution < 1.29 is 27.2 Å². The third-order valence-electron chi connectivity index (χ3n) is 6.24. The lowest BCUT2D eigenvalue weighted by Gasteiger charge is -2.34. The standard InChI is InChI=1S/C26H30N2O6S/c1-4-33-23-10-7-8-20-16-24(34-25(20)23)17(2)27-26(30)22-9-5-6-15-28(22)35(31,32)21-13-11-19(12-14-21)18(3)29/h7-8,10-14,16-17,22H,4-6,9,15H2,1-3H3,(H,27,30).